The van der Waals surface area contributed by atoms with Crippen molar-refractivity contribution in [2.45, 2.75) is 45.4 Å². The van der Waals surface area contributed by atoms with E-state index in [4.69, 9.17) is 5.11 Å². The SMILES string of the molecule is CCCCCCCCNC(=O)c1ccc(/C=C/C(=O)O)s1. The maximum Gasteiger partial charge on any atom is 0.328 e. The van der Waals surface area contributed by atoms with Crippen molar-refractivity contribution < 1.29 is 14.7 Å². The lowest BCUT2D eigenvalue weighted by Gasteiger charge is -2.03. The zero-order chi connectivity index (χ0) is 15.5. The van der Waals surface area contributed by atoms with Crippen molar-refractivity contribution in [2.24, 2.45) is 0 Å². The van der Waals surface area contributed by atoms with Gasteiger partial charge in [0.2, 0.25) is 0 Å². The second-order valence-corrected chi connectivity index (χ2v) is 6.01. The minimum atomic E-state index is -0.988. The smallest absolute Gasteiger partial charge is 0.328 e. The minimum Gasteiger partial charge on any atom is -0.478 e. The molecule has 0 radical (unpaired) electrons. The van der Waals surface area contributed by atoms with Crippen LogP contribution in [0.1, 0.15) is 60.0 Å². The molecular formula is C16H23NO3S. The van der Waals surface area contributed by atoms with Crippen molar-refractivity contribution in [3.63, 3.8) is 0 Å². The number of aliphatic carboxylic acids is 1. The Kier molecular flexibility index (Phi) is 8.43. The molecule has 0 aromatic carbocycles. The van der Waals surface area contributed by atoms with Crippen LogP contribution in [-0.2, 0) is 4.79 Å². The fourth-order valence-electron chi connectivity index (χ4n) is 1.91. The van der Waals surface area contributed by atoms with Gasteiger partial charge in [0, 0.05) is 17.5 Å². The van der Waals surface area contributed by atoms with Crippen molar-refractivity contribution in [1.82, 2.24) is 5.32 Å². The number of carbonyl (C=O) groups excluding carboxylic acids is 1. The molecule has 21 heavy (non-hydrogen) atoms. The first kappa shape index (κ1) is 17.4. The number of hydrogen-bond donors (Lipinski definition) is 2. The zero-order valence-corrected chi connectivity index (χ0v) is 13.2. The van der Waals surface area contributed by atoms with Gasteiger partial charge < -0.3 is 10.4 Å². The Morgan fingerprint density at radius 2 is 1.90 bits per heavy atom. The summed E-state index contributed by atoms with van der Waals surface area (Å²) >= 11 is 1.30. The Balaban J connectivity index is 2.24. The second-order valence-electron chi connectivity index (χ2n) is 4.90. The molecule has 2 N–H and O–H groups in total. The van der Waals surface area contributed by atoms with E-state index >= 15 is 0 Å². The van der Waals surface area contributed by atoms with Crippen LogP contribution >= 0.6 is 11.3 Å². The van der Waals surface area contributed by atoms with E-state index in [9.17, 15) is 9.59 Å². The molecule has 0 unspecified atom stereocenters. The summed E-state index contributed by atoms with van der Waals surface area (Å²) in [5, 5.41) is 11.4. The number of amides is 1. The van der Waals surface area contributed by atoms with Gasteiger partial charge in [-0.3, -0.25) is 4.79 Å². The summed E-state index contributed by atoms with van der Waals surface area (Å²) in [4.78, 5) is 23.7. The second kappa shape index (κ2) is 10.2. The highest BCUT2D eigenvalue weighted by Crippen LogP contribution is 2.17. The fourth-order valence-corrected chi connectivity index (χ4v) is 2.74. The van der Waals surface area contributed by atoms with Crippen molar-refractivity contribution >= 4 is 29.3 Å². The first-order valence-electron chi connectivity index (χ1n) is 7.42. The third-order valence-corrected chi connectivity index (χ3v) is 4.11. The van der Waals surface area contributed by atoms with Gasteiger partial charge in [-0.15, -0.1) is 11.3 Å². The highest BCUT2D eigenvalue weighted by atomic mass is 32.1. The van der Waals surface area contributed by atoms with Crippen LogP contribution in [0.25, 0.3) is 6.08 Å². The Bertz CT molecular complexity index is 480. The van der Waals surface area contributed by atoms with E-state index < -0.39 is 5.97 Å². The Hall–Kier alpha value is -1.62. The molecule has 1 aromatic heterocycles. The van der Waals surface area contributed by atoms with E-state index in [0.29, 0.717) is 11.4 Å². The number of carbonyl (C=O) groups is 2. The zero-order valence-electron chi connectivity index (χ0n) is 12.4. The van der Waals surface area contributed by atoms with Crippen LogP contribution in [0.5, 0.6) is 0 Å². The van der Waals surface area contributed by atoms with E-state index in [2.05, 4.69) is 12.2 Å². The van der Waals surface area contributed by atoms with Crippen molar-refractivity contribution in [1.29, 1.82) is 0 Å². The number of nitrogens with one attached hydrogen (secondary N) is 1. The lowest BCUT2D eigenvalue weighted by Crippen LogP contribution is -2.23. The normalized spacial score (nSPS) is 10.9. The molecule has 1 aromatic rings. The predicted octanol–water partition coefficient (Wildman–Crippen LogP) is 3.94. The Morgan fingerprint density at radius 3 is 2.62 bits per heavy atom. The first-order valence-corrected chi connectivity index (χ1v) is 8.24. The van der Waals surface area contributed by atoms with Gasteiger partial charge in [0.1, 0.15) is 0 Å². The molecule has 116 valence electrons. The quantitative estimate of drug-likeness (QED) is 0.508. The highest BCUT2D eigenvalue weighted by Gasteiger charge is 2.07. The van der Waals surface area contributed by atoms with Crippen LogP contribution in [0.4, 0.5) is 0 Å². The first-order chi connectivity index (χ1) is 10.1. The summed E-state index contributed by atoms with van der Waals surface area (Å²) in [5.41, 5.74) is 0. The van der Waals surface area contributed by atoms with Crippen LogP contribution in [0.15, 0.2) is 18.2 Å². The molecule has 1 amide bonds. The van der Waals surface area contributed by atoms with Crippen molar-refractivity contribution in [2.75, 3.05) is 6.54 Å². The van der Waals surface area contributed by atoms with E-state index in [0.717, 1.165) is 23.8 Å². The van der Waals surface area contributed by atoms with Crippen molar-refractivity contribution in [3.8, 4) is 0 Å². The van der Waals surface area contributed by atoms with Crippen LogP contribution in [0.3, 0.4) is 0 Å². The molecule has 0 saturated carbocycles. The van der Waals surface area contributed by atoms with Crippen molar-refractivity contribution in [3.05, 3.63) is 28.0 Å². The lowest BCUT2D eigenvalue weighted by molar-refractivity contribution is -0.131. The summed E-state index contributed by atoms with van der Waals surface area (Å²) in [7, 11) is 0. The maximum atomic E-state index is 11.9. The molecule has 1 heterocycles. The standard InChI is InChI=1S/C16H23NO3S/c1-2-3-4-5-6-7-12-17-16(20)14-10-8-13(21-14)9-11-15(18)19/h8-11H,2-7,12H2,1H3,(H,17,20)(H,18,19)/b11-9+. The molecule has 0 bridgehead atoms. The van der Waals surface area contributed by atoms with Gasteiger partial charge in [-0.25, -0.2) is 4.79 Å². The summed E-state index contributed by atoms with van der Waals surface area (Å²) < 4.78 is 0. The molecule has 0 atom stereocenters. The van der Waals surface area contributed by atoms with E-state index in [-0.39, 0.29) is 5.91 Å². The van der Waals surface area contributed by atoms with E-state index in [1.54, 1.807) is 12.1 Å². The lowest BCUT2D eigenvalue weighted by atomic mass is 10.1. The molecular weight excluding hydrogens is 286 g/mol. The minimum absolute atomic E-state index is 0.0801. The number of hydrogen-bond acceptors (Lipinski definition) is 3. The van der Waals surface area contributed by atoms with E-state index in [1.807, 2.05) is 0 Å². The maximum absolute atomic E-state index is 11.9. The summed E-state index contributed by atoms with van der Waals surface area (Å²) in [6, 6.07) is 3.48. The molecule has 4 nitrogen and oxygen atoms in total. The van der Waals surface area contributed by atoms with Crippen LogP contribution in [-0.4, -0.2) is 23.5 Å². The van der Waals surface area contributed by atoms with Gasteiger partial charge >= 0.3 is 5.97 Å². The summed E-state index contributed by atoms with van der Waals surface area (Å²) in [6.45, 7) is 2.89. The number of rotatable bonds is 10. The largest absolute Gasteiger partial charge is 0.478 e. The van der Waals surface area contributed by atoms with Gasteiger partial charge in [0.15, 0.2) is 0 Å². The van der Waals surface area contributed by atoms with Crippen LogP contribution in [0, 0.1) is 0 Å². The summed E-state index contributed by atoms with van der Waals surface area (Å²) in [5.74, 6) is -1.07. The fraction of sp³-hybridized carbons (Fsp3) is 0.500. The summed E-state index contributed by atoms with van der Waals surface area (Å²) in [6.07, 6.45) is 9.76. The monoisotopic (exact) mass is 309 g/mol. The number of carboxylic acids is 1. The average Bonchev–Trinajstić information content (AvgIpc) is 2.93. The molecule has 0 aliphatic rings. The van der Waals surface area contributed by atoms with E-state index in [1.165, 1.54) is 43.1 Å². The molecule has 0 spiro atoms. The van der Waals surface area contributed by atoms with Crippen LogP contribution < -0.4 is 5.32 Å². The molecule has 0 fully saturated rings. The molecule has 1 rings (SSSR count). The van der Waals surface area contributed by atoms with Gasteiger partial charge in [-0.1, -0.05) is 39.0 Å². The number of thiophene rings is 1. The molecule has 5 heteroatoms. The number of carboxylic acid groups (broad SMARTS) is 1. The topological polar surface area (TPSA) is 66.4 Å². The Morgan fingerprint density at radius 1 is 1.19 bits per heavy atom. The number of unbranched alkanes of at least 4 members (excludes halogenated alkanes) is 5. The molecule has 0 aliphatic heterocycles. The average molecular weight is 309 g/mol. The predicted molar refractivity (Wildman–Crippen MR) is 86.7 cm³/mol. The highest BCUT2D eigenvalue weighted by molar-refractivity contribution is 7.14. The van der Waals surface area contributed by atoms with Gasteiger partial charge in [0.25, 0.3) is 5.91 Å². The Labute approximate surface area is 129 Å². The van der Waals surface area contributed by atoms with Gasteiger partial charge in [0.05, 0.1) is 4.88 Å². The van der Waals surface area contributed by atoms with Gasteiger partial charge in [-0.2, -0.15) is 0 Å². The van der Waals surface area contributed by atoms with Crippen LogP contribution in [0.2, 0.25) is 0 Å². The van der Waals surface area contributed by atoms with Gasteiger partial charge in [-0.05, 0) is 24.6 Å². The molecule has 0 aliphatic carbocycles. The third kappa shape index (κ3) is 7.66. The molecule has 0 saturated heterocycles. The third-order valence-electron chi connectivity index (χ3n) is 3.06.